The lowest BCUT2D eigenvalue weighted by atomic mass is 10.0. The monoisotopic (exact) mass is 222 g/mol. The summed E-state index contributed by atoms with van der Waals surface area (Å²) in [4.78, 5) is 4.07. The van der Waals surface area contributed by atoms with Gasteiger partial charge in [0.05, 0.1) is 0 Å². The minimum atomic E-state index is 0.542. The number of benzene rings is 1. The highest BCUT2D eigenvalue weighted by Crippen LogP contribution is 2.11. The summed E-state index contributed by atoms with van der Waals surface area (Å²) in [6, 6.07) is 14.5. The summed E-state index contributed by atoms with van der Waals surface area (Å²) < 4.78 is 0. The van der Waals surface area contributed by atoms with E-state index in [0.717, 1.165) is 18.4 Å². The quantitative estimate of drug-likeness (QED) is 0.800. The van der Waals surface area contributed by atoms with Gasteiger partial charge in [-0.1, -0.05) is 35.9 Å². The third-order valence-corrected chi connectivity index (χ3v) is 2.76. The van der Waals surface area contributed by atoms with E-state index >= 15 is 0 Å². The highest BCUT2D eigenvalue weighted by Gasteiger charge is 2.02. The second-order valence-electron chi connectivity index (χ2n) is 4.11. The van der Waals surface area contributed by atoms with Gasteiger partial charge < -0.3 is 0 Å². The molecule has 1 heterocycles. The van der Waals surface area contributed by atoms with Gasteiger partial charge in [0.15, 0.2) is 0 Å². The van der Waals surface area contributed by atoms with E-state index in [1.807, 2.05) is 12.1 Å². The number of hydrogen-bond donors (Lipinski definition) is 0. The molecule has 0 unspecified atom stereocenters. The molecule has 0 aliphatic heterocycles. The first-order valence-electron chi connectivity index (χ1n) is 5.69. The van der Waals surface area contributed by atoms with Crippen LogP contribution in [0.15, 0.2) is 42.6 Å². The third kappa shape index (κ3) is 2.92. The van der Waals surface area contributed by atoms with Crippen LogP contribution in [0.2, 0.25) is 0 Å². The Balaban J connectivity index is 2.10. The third-order valence-electron chi connectivity index (χ3n) is 2.76. The van der Waals surface area contributed by atoms with E-state index in [9.17, 15) is 0 Å². The minimum Gasteiger partial charge on any atom is -0.245 e. The SMILES string of the molecule is Cc1cccc(CCc2cccnc2C#N)c1. The fourth-order valence-corrected chi connectivity index (χ4v) is 1.89. The van der Waals surface area contributed by atoms with Crippen LogP contribution in [-0.2, 0) is 12.8 Å². The Morgan fingerprint density at radius 3 is 2.82 bits per heavy atom. The van der Waals surface area contributed by atoms with Crippen molar-refractivity contribution in [2.75, 3.05) is 0 Å². The van der Waals surface area contributed by atoms with E-state index in [-0.39, 0.29) is 0 Å². The van der Waals surface area contributed by atoms with E-state index in [2.05, 4.69) is 42.2 Å². The van der Waals surface area contributed by atoms with Crippen molar-refractivity contribution in [1.82, 2.24) is 4.98 Å². The van der Waals surface area contributed by atoms with Crippen molar-refractivity contribution in [2.45, 2.75) is 19.8 Å². The molecule has 0 fully saturated rings. The lowest BCUT2D eigenvalue weighted by Crippen LogP contribution is -1.96. The number of aromatic nitrogens is 1. The molecule has 0 saturated carbocycles. The Labute approximate surface area is 102 Å². The van der Waals surface area contributed by atoms with Crippen LogP contribution in [0.4, 0.5) is 0 Å². The van der Waals surface area contributed by atoms with Crippen LogP contribution in [0.25, 0.3) is 0 Å². The smallest absolute Gasteiger partial charge is 0.143 e. The maximum atomic E-state index is 8.95. The molecular formula is C15H14N2. The topological polar surface area (TPSA) is 36.7 Å². The Morgan fingerprint density at radius 2 is 2.06 bits per heavy atom. The summed E-state index contributed by atoms with van der Waals surface area (Å²) in [7, 11) is 0. The fourth-order valence-electron chi connectivity index (χ4n) is 1.89. The highest BCUT2D eigenvalue weighted by molar-refractivity contribution is 5.32. The zero-order chi connectivity index (χ0) is 12.1. The normalized spacial score (nSPS) is 9.88. The molecule has 0 aliphatic rings. The number of nitriles is 1. The van der Waals surface area contributed by atoms with Crippen molar-refractivity contribution in [2.24, 2.45) is 0 Å². The highest BCUT2D eigenvalue weighted by atomic mass is 14.7. The molecule has 1 aromatic heterocycles. The zero-order valence-electron chi connectivity index (χ0n) is 9.85. The molecule has 0 aliphatic carbocycles. The molecule has 0 radical (unpaired) electrons. The van der Waals surface area contributed by atoms with Gasteiger partial charge in [-0.25, -0.2) is 4.98 Å². The van der Waals surface area contributed by atoms with Gasteiger partial charge in [0.25, 0.3) is 0 Å². The van der Waals surface area contributed by atoms with Gasteiger partial charge in [-0.15, -0.1) is 0 Å². The first-order chi connectivity index (χ1) is 8.29. The number of aryl methyl sites for hydroxylation is 3. The van der Waals surface area contributed by atoms with Crippen molar-refractivity contribution in [3.8, 4) is 6.07 Å². The van der Waals surface area contributed by atoms with Gasteiger partial charge in [0.2, 0.25) is 0 Å². The van der Waals surface area contributed by atoms with Crippen molar-refractivity contribution in [1.29, 1.82) is 5.26 Å². The molecule has 0 spiro atoms. The Bertz CT molecular complexity index is 553. The minimum absolute atomic E-state index is 0.542. The van der Waals surface area contributed by atoms with Crippen molar-refractivity contribution >= 4 is 0 Å². The first-order valence-corrected chi connectivity index (χ1v) is 5.69. The Morgan fingerprint density at radius 1 is 1.18 bits per heavy atom. The van der Waals surface area contributed by atoms with Crippen LogP contribution >= 0.6 is 0 Å². The van der Waals surface area contributed by atoms with Crippen molar-refractivity contribution < 1.29 is 0 Å². The molecule has 1 aromatic carbocycles. The molecular weight excluding hydrogens is 208 g/mol. The van der Waals surface area contributed by atoms with Crippen LogP contribution in [0.1, 0.15) is 22.4 Å². The van der Waals surface area contributed by atoms with Gasteiger partial charge in [-0.3, -0.25) is 0 Å². The Hall–Kier alpha value is -2.14. The summed E-state index contributed by atoms with van der Waals surface area (Å²) in [6.45, 7) is 2.09. The van der Waals surface area contributed by atoms with E-state index in [4.69, 9.17) is 5.26 Å². The van der Waals surface area contributed by atoms with Crippen LogP contribution in [0, 0.1) is 18.3 Å². The summed E-state index contributed by atoms with van der Waals surface area (Å²) in [5.74, 6) is 0. The predicted octanol–water partition coefficient (Wildman–Crippen LogP) is 3.05. The average Bonchev–Trinajstić information content (AvgIpc) is 2.37. The molecule has 0 amide bonds. The molecule has 0 bridgehead atoms. The maximum Gasteiger partial charge on any atom is 0.143 e. The van der Waals surface area contributed by atoms with Crippen LogP contribution in [-0.4, -0.2) is 4.98 Å². The number of hydrogen-bond acceptors (Lipinski definition) is 2. The zero-order valence-corrected chi connectivity index (χ0v) is 9.85. The van der Waals surface area contributed by atoms with Crippen LogP contribution in [0.3, 0.4) is 0 Å². The standard InChI is InChI=1S/C15H14N2/c1-12-4-2-5-13(10-12)7-8-14-6-3-9-17-15(14)11-16/h2-6,9-10H,7-8H2,1H3. The largest absolute Gasteiger partial charge is 0.245 e. The molecule has 2 heteroatoms. The van der Waals surface area contributed by atoms with Gasteiger partial charge >= 0.3 is 0 Å². The molecule has 84 valence electrons. The van der Waals surface area contributed by atoms with E-state index in [0.29, 0.717) is 5.69 Å². The summed E-state index contributed by atoms with van der Waals surface area (Å²) in [6.07, 6.45) is 3.47. The second-order valence-corrected chi connectivity index (χ2v) is 4.11. The number of nitrogens with zero attached hydrogens (tertiary/aromatic N) is 2. The van der Waals surface area contributed by atoms with Crippen molar-refractivity contribution in [3.63, 3.8) is 0 Å². The van der Waals surface area contributed by atoms with Gasteiger partial charge in [-0.2, -0.15) is 5.26 Å². The van der Waals surface area contributed by atoms with Crippen LogP contribution in [0.5, 0.6) is 0 Å². The summed E-state index contributed by atoms with van der Waals surface area (Å²) in [5, 5.41) is 8.95. The first kappa shape index (κ1) is 11.3. The van der Waals surface area contributed by atoms with Gasteiger partial charge in [0.1, 0.15) is 11.8 Å². The van der Waals surface area contributed by atoms with E-state index in [1.165, 1.54) is 11.1 Å². The molecule has 0 N–H and O–H groups in total. The molecule has 2 rings (SSSR count). The maximum absolute atomic E-state index is 8.95. The lowest BCUT2D eigenvalue weighted by Gasteiger charge is -2.04. The molecule has 0 atom stereocenters. The lowest BCUT2D eigenvalue weighted by molar-refractivity contribution is 0.940. The number of rotatable bonds is 3. The van der Waals surface area contributed by atoms with E-state index < -0.39 is 0 Å². The number of pyridine rings is 1. The van der Waals surface area contributed by atoms with Gasteiger partial charge in [-0.05, 0) is 37.0 Å². The molecule has 17 heavy (non-hydrogen) atoms. The van der Waals surface area contributed by atoms with E-state index in [1.54, 1.807) is 6.20 Å². The summed E-state index contributed by atoms with van der Waals surface area (Å²) in [5.41, 5.74) is 4.14. The fraction of sp³-hybridized carbons (Fsp3) is 0.200. The van der Waals surface area contributed by atoms with Crippen molar-refractivity contribution in [3.05, 3.63) is 65.0 Å². The second kappa shape index (κ2) is 5.27. The predicted molar refractivity (Wildman–Crippen MR) is 67.5 cm³/mol. The molecule has 0 saturated heterocycles. The average molecular weight is 222 g/mol. The van der Waals surface area contributed by atoms with Crippen LogP contribution < -0.4 is 0 Å². The Kier molecular flexibility index (Phi) is 3.52. The molecule has 2 nitrogen and oxygen atoms in total. The van der Waals surface area contributed by atoms with Gasteiger partial charge in [0, 0.05) is 6.20 Å². The molecule has 2 aromatic rings. The summed E-state index contributed by atoms with van der Waals surface area (Å²) >= 11 is 0.